The summed E-state index contributed by atoms with van der Waals surface area (Å²) in [5.74, 6) is 0. The van der Waals surface area contributed by atoms with Gasteiger partial charge in [0.05, 0.1) is 0 Å². The Morgan fingerprint density at radius 3 is 2.10 bits per heavy atom. The zero-order valence-electron chi connectivity index (χ0n) is 14.0. The van der Waals surface area contributed by atoms with Crippen molar-refractivity contribution >= 4 is 20.7 Å². The van der Waals surface area contributed by atoms with E-state index < -0.39 is 0 Å². The average molecular weight is 294 g/mol. The van der Waals surface area contributed by atoms with E-state index >= 15 is 0 Å². The van der Waals surface area contributed by atoms with Gasteiger partial charge >= 0.3 is 0 Å². The van der Waals surface area contributed by atoms with Gasteiger partial charge in [0, 0.05) is 22.0 Å². The number of rotatable bonds is 3. The predicted molar refractivity (Wildman–Crippen MR) is 93.4 cm³/mol. The van der Waals surface area contributed by atoms with Crippen LogP contribution in [0.2, 0.25) is 0 Å². The molecule has 2 unspecified atom stereocenters. The number of hydrogen-bond acceptors (Lipinski definition) is 2. The molecule has 0 aromatic carbocycles. The Hall–Kier alpha value is -0.490. The molecule has 2 N–H and O–H groups in total. The van der Waals surface area contributed by atoms with E-state index in [2.05, 4.69) is 56.9 Å². The van der Waals surface area contributed by atoms with Gasteiger partial charge in [-0.3, -0.25) is 0 Å². The Labute approximate surface area is 127 Å². The third-order valence-electron chi connectivity index (χ3n) is 5.26. The average Bonchev–Trinajstić information content (AvgIpc) is 2.35. The first-order chi connectivity index (χ1) is 8.98. The monoisotopic (exact) mass is 294 g/mol. The highest BCUT2D eigenvalue weighted by molar-refractivity contribution is 7.21. The molecular weight excluding hydrogens is 263 g/mol. The Bertz CT molecular complexity index is 440. The van der Waals surface area contributed by atoms with Gasteiger partial charge < -0.3 is 10.8 Å². The lowest BCUT2D eigenvalue weighted by Gasteiger charge is -2.40. The fraction of sp³-hybridized carbons (Fsp3) is 0.765. The van der Waals surface area contributed by atoms with Crippen molar-refractivity contribution in [2.75, 3.05) is 0 Å². The van der Waals surface area contributed by atoms with E-state index in [1.165, 1.54) is 5.57 Å². The van der Waals surface area contributed by atoms with Gasteiger partial charge in [0.25, 0.3) is 0 Å². The summed E-state index contributed by atoms with van der Waals surface area (Å²) in [5, 5.41) is 16.5. The molecule has 0 heterocycles. The first-order valence-corrected chi connectivity index (χ1v) is 8.23. The molecule has 0 spiro atoms. The molecule has 114 valence electrons. The second kappa shape index (κ2) is 5.72. The summed E-state index contributed by atoms with van der Waals surface area (Å²) >= 11 is 0. The molecule has 2 atom stereocenters. The summed E-state index contributed by atoms with van der Waals surface area (Å²) in [6.45, 7) is 13.2. The molecule has 0 amide bonds. The Morgan fingerprint density at radius 1 is 1.15 bits per heavy atom. The molecule has 0 saturated carbocycles. The molecular formula is C17H31N2P. The highest BCUT2D eigenvalue weighted by Crippen LogP contribution is 2.45. The number of nitrogens with one attached hydrogen (secondary N) is 2. The van der Waals surface area contributed by atoms with Gasteiger partial charge in [-0.1, -0.05) is 47.1 Å². The van der Waals surface area contributed by atoms with Crippen molar-refractivity contribution in [1.82, 2.24) is 0 Å². The third-order valence-corrected chi connectivity index (χ3v) is 5.78. The summed E-state index contributed by atoms with van der Waals surface area (Å²) in [4.78, 5) is 0. The highest BCUT2D eigenvalue weighted by atomic mass is 31.0. The molecule has 3 heteroatoms. The third kappa shape index (κ3) is 3.39. The van der Waals surface area contributed by atoms with Crippen LogP contribution in [0.3, 0.4) is 0 Å². The summed E-state index contributed by atoms with van der Waals surface area (Å²) in [6, 6.07) is 0. The molecule has 1 aliphatic rings. The normalized spacial score (nSPS) is 27.9. The summed E-state index contributed by atoms with van der Waals surface area (Å²) < 4.78 is 0. The van der Waals surface area contributed by atoms with E-state index in [9.17, 15) is 0 Å². The lowest BCUT2D eigenvalue weighted by atomic mass is 9.66. The highest BCUT2D eigenvalue weighted by Gasteiger charge is 2.38. The largest absolute Gasteiger partial charge is 0.309 e. The Morgan fingerprint density at radius 2 is 1.65 bits per heavy atom. The van der Waals surface area contributed by atoms with Crippen LogP contribution < -0.4 is 0 Å². The van der Waals surface area contributed by atoms with Crippen molar-refractivity contribution in [3.05, 3.63) is 11.6 Å². The summed E-state index contributed by atoms with van der Waals surface area (Å²) in [6.07, 6.45) is 5.82. The zero-order valence-corrected chi connectivity index (χ0v) is 15.1. The van der Waals surface area contributed by atoms with Crippen molar-refractivity contribution in [2.24, 2.45) is 10.8 Å². The first-order valence-electron chi connectivity index (χ1n) is 7.65. The lowest BCUT2D eigenvalue weighted by Crippen LogP contribution is -2.39. The second-order valence-electron chi connectivity index (χ2n) is 7.48. The number of hydrogen-bond donors (Lipinski definition) is 2. The van der Waals surface area contributed by atoms with Gasteiger partial charge in [0.15, 0.2) is 0 Å². The molecule has 0 bridgehead atoms. The van der Waals surface area contributed by atoms with Crippen LogP contribution in [0.5, 0.6) is 0 Å². The summed E-state index contributed by atoms with van der Waals surface area (Å²) in [7, 11) is 2.79. The lowest BCUT2D eigenvalue weighted by molar-refractivity contribution is 0.328. The molecule has 0 fully saturated rings. The Kier molecular flexibility index (Phi) is 5.02. The molecule has 0 aromatic rings. The van der Waals surface area contributed by atoms with Crippen LogP contribution in [0, 0.1) is 21.6 Å². The maximum Gasteiger partial charge on any atom is 0.0414 e. The standard InChI is InChI=1S/C17H31N2P/c1-7-16(5,8-2)12-9-13(18)17(6,20)11-14(19)15(3,4)10-12/h9,18-19H,7-8,10-11,20H2,1-6H3. The minimum Gasteiger partial charge on any atom is -0.309 e. The van der Waals surface area contributed by atoms with E-state index in [-0.39, 0.29) is 16.0 Å². The van der Waals surface area contributed by atoms with E-state index in [0.717, 1.165) is 25.0 Å². The van der Waals surface area contributed by atoms with Crippen molar-refractivity contribution < 1.29 is 0 Å². The predicted octanol–water partition coefficient (Wildman–Crippen LogP) is 5.23. The van der Waals surface area contributed by atoms with E-state index in [4.69, 9.17) is 10.8 Å². The fourth-order valence-corrected chi connectivity index (χ4v) is 3.05. The summed E-state index contributed by atoms with van der Waals surface area (Å²) in [5.41, 5.74) is 2.78. The van der Waals surface area contributed by atoms with Crippen LogP contribution in [-0.2, 0) is 0 Å². The van der Waals surface area contributed by atoms with Crippen molar-refractivity contribution in [3.8, 4) is 0 Å². The maximum atomic E-state index is 8.45. The van der Waals surface area contributed by atoms with E-state index in [0.29, 0.717) is 12.1 Å². The van der Waals surface area contributed by atoms with Crippen LogP contribution in [0.25, 0.3) is 0 Å². The minimum absolute atomic E-state index is 0.115. The van der Waals surface area contributed by atoms with Crippen molar-refractivity contribution in [1.29, 1.82) is 10.8 Å². The van der Waals surface area contributed by atoms with Gasteiger partial charge in [0.1, 0.15) is 0 Å². The fourth-order valence-electron chi connectivity index (χ4n) is 2.77. The topological polar surface area (TPSA) is 47.7 Å². The van der Waals surface area contributed by atoms with Crippen LogP contribution in [-0.4, -0.2) is 16.6 Å². The smallest absolute Gasteiger partial charge is 0.0414 e. The van der Waals surface area contributed by atoms with Crippen LogP contribution in [0.4, 0.5) is 0 Å². The van der Waals surface area contributed by atoms with Gasteiger partial charge in [0.2, 0.25) is 0 Å². The quantitative estimate of drug-likeness (QED) is 0.669. The molecule has 1 rings (SSSR count). The van der Waals surface area contributed by atoms with E-state index in [1.54, 1.807) is 0 Å². The van der Waals surface area contributed by atoms with Crippen molar-refractivity contribution in [3.63, 3.8) is 0 Å². The number of allylic oxidation sites excluding steroid dienone is 2. The van der Waals surface area contributed by atoms with Crippen LogP contribution in [0.15, 0.2) is 11.6 Å². The Balaban J connectivity index is 3.38. The molecule has 0 aromatic heterocycles. The second-order valence-corrected chi connectivity index (χ2v) is 8.76. The van der Waals surface area contributed by atoms with Gasteiger partial charge in [-0.25, -0.2) is 0 Å². The van der Waals surface area contributed by atoms with Gasteiger partial charge in [-0.15, -0.1) is 9.24 Å². The molecule has 1 aliphatic carbocycles. The van der Waals surface area contributed by atoms with Gasteiger partial charge in [-0.2, -0.15) is 0 Å². The maximum absolute atomic E-state index is 8.45. The molecule has 20 heavy (non-hydrogen) atoms. The molecule has 0 radical (unpaired) electrons. The van der Waals surface area contributed by atoms with Crippen molar-refractivity contribution in [2.45, 2.75) is 72.4 Å². The zero-order chi connectivity index (χ0) is 15.8. The molecule has 0 aliphatic heterocycles. The van der Waals surface area contributed by atoms with Crippen LogP contribution >= 0.6 is 9.24 Å². The SMILES string of the molecule is CCC(C)(CC)C1=CC(=N)C(C)(P)CC(=N)C(C)(C)C1. The van der Waals surface area contributed by atoms with Crippen LogP contribution in [0.1, 0.15) is 67.2 Å². The van der Waals surface area contributed by atoms with Gasteiger partial charge in [-0.05, 0) is 37.2 Å². The van der Waals surface area contributed by atoms with E-state index in [1.807, 2.05) is 0 Å². The first kappa shape index (κ1) is 17.6. The molecule has 0 saturated heterocycles. The molecule has 2 nitrogen and oxygen atoms in total. The minimum atomic E-state index is -0.317.